The van der Waals surface area contributed by atoms with Crippen LogP contribution >= 0.6 is 0 Å². The second-order valence-electron chi connectivity index (χ2n) is 4.89. The number of phenolic OH excluding ortho intramolecular Hbond substituents is 1. The van der Waals surface area contributed by atoms with Crippen molar-refractivity contribution in [1.82, 2.24) is 0 Å². The predicted molar refractivity (Wildman–Crippen MR) is 84.7 cm³/mol. The lowest BCUT2D eigenvalue weighted by molar-refractivity contribution is -0.384. The smallest absolute Gasteiger partial charge is 0.338 e. The summed E-state index contributed by atoms with van der Waals surface area (Å²) in [5, 5.41) is 22.3. The van der Waals surface area contributed by atoms with Crippen LogP contribution in [-0.4, -0.2) is 28.0 Å². The minimum absolute atomic E-state index is 0.00279. The topological polar surface area (TPSA) is 119 Å². The lowest BCUT2D eigenvalue weighted by atomic mass is 10.2. The van der Waals surface area contributed by atoms with Crippen LogP contribution in [0.1, 0.15) is 17.3 Å². The van der Waals surface area contributed by atoms with E-state index in [2.05, 4.69) is 5.32 Å². The summed E-state index contributed by atoms with van der Waals surface area (Å²) in [5.74, 6) is -1.35. The molecule has 0 aliphatic rings. The first kappa shape index (κ1) is 16.9. The van der Waals surface area contributed by atoms with Gasteiger partial charge < -0.3 is 15.2 Å². The summed E-state index contributed by atoms with van der Waals surface area (Å²) in [6.45, 7) is 1.38. The number of benzene rings is 2. The molecule has 0 aliphatic carbocycles. The molecule has 1 atom stereocenters. The van der Waals surface area contributed by atoms with Gasteiger partial charge in [0.25, 0.3) is 11.6 Å². The zero-order chi connectivity index (χ0) is 17.7. The number of carbonyl (C=O) groups is 2. The van der Waals surface area contributed by atoms with Crippen molar-refractivity contribution in [3.05, 3.63) is 64.2 Å². The number of ether oxygens (including phenoxy) is 1. The Morgan fingerprint density at radius 1 is 1.21 bits per heavy atom. The number of nitro benzene ring substituents is 1. The zero-order valence-electron chi connectivity index (χ0n) is 12.6. The highest BCUT2D eigenvalue weighted by molar-refractivity contribution is 5.97. The van der Waals surface area contributed by atoms with E-state index >= 15 is 0 Å². The number of hydrogen-bond acceptors (Lipinski definition) is 6. The first-order valence-corrected chi connectivity index (χ1v) is 6.92. The Morgan fingerprint density at radius 3 is 2.50 bits per heavy atom. The zero-order valence-corrected chi connectivity index (χ0v) is 12.6. The highest BCUT2D eigenvalue weighted by Gasteiger charge is 2.19. The molecule has 0 saturated carbocycles. The van der Waals surface area contributed by atoms with E-state index in [0.29, 0.717) is 0 Å². The third-order valence-corrected chi connectivity index (χ3v) is 3.08. The van der Waals surface area contributed by atoms with E-state index in [4.69, 9.17) is 9.84 Å². The lowest BCUT2D eigenvalue weighted by Crippen LogP contribution is -2.30. The fourth-order valence-electron chi connectivity index (χ4n) is 1.82. The molecule has 1 amide bonds. The number of aromatic hydroxyl groups is 1. The largest absolute Gasteiger partial charge is 0.508 e. The van der Waals surface area contributed by atoms with Gasteiger partial charge in [-0.3, -0.25) is 14.9 Å². The molecule has 0 radical (unpaired) electrons. The van der Waals surface area contributed by atoms with Gasteiger partial charge in [0.1, 0.15) is 5.75 Å². The van der Waals surface area contributed by atoms with Crippen LogP contribution in [0.4, 0.5) is 11.4 Å². The molecule has 8 nitrogen and oxygen atoms in total. The number of rotatable bonds is 5. The maximum atomic E-state index is 12.0. The Hall–Kier alpha value is -3.42. The third kappa shape index (κ3) is 4.29. The first-order chi connectivity index (χ1) is 11.4. The van der Waals surface area contributed by atoms with Gasteiger partial charge in [0, 0.05) is 17.8 Å². The van der Waals surface area contributed by atoms with Crippen LogP contribution in [-0.2, 0) is 9.53 Å². The molecule has 0 heterocycles. The van der Waals surface area contributed by atoms with Crippen LogP contribution in [0.2, 0.25) is 0 Å². The minimum atomic E-state index is -1.11. The fraction of sp³-hybridized carbons (Fsp3) is 0.125. The van der Waals surface area contributed by atoms with Gasteiger partial charge in [-0.25, -0.2) is 4.79 Å². The number of anilines is 1. The van der Waals surface area contributed by atoms with Crippen molar-refractivity contribution in [2.45, 2.75) is 13.0 Å². The standard InChI is InChI=1S/C16H14N2O6/c1-10(24-16(21)11-5-7-14(19)8-6-11)15(20)17-12-3-2-4-13(9-12)18(22)23/h2-10,19H,1H3,(H,17,20). The van der Waals surface area contributed by atoms with Crippen molar-refractivity contribution in [3.8, 4) is 5.75 Å². The Morgan fingerprint density at radius 2 is 1.88 bits per heavy atom. The molecule has 8 heteroatoms. The molecular formula is C16H14N2O6. The van der Waals surface area contributed by atoms with Gasteiger partial charge in [0.05, 0.1) is 10.5 Å². The van der Waals surface area contributed by atoms with Crippen LogP contribution in [0.25, 0.3) is 0 Å². The first-order valence-electron chi connectivity index (χ1n) is 6.92. The second kappa shape index (κ2) is 7.23. The number of phenols is 1. The number of nitro groups is 1. The van der Waals surface area contributed by atoms with Crippen LogP contribution in [0.3, 0.4) is 0 Å². The number of nitrogens with one attached hydrogen (secondary N) is 1. The maximum Gasteiger partial charge on any atom is 0.338 e. The summed E-state index contributed by atoms with van der Waals surface area (Å²) in [6.07, 6.45) is -1.11. The number of hydrogen-bond donors (Lipinski definition) is 2. The SMILES string of the molecule is CC(OC(=O)c1ccc(O)cc1)C(=O)Nc1cccc([N+](=O)[O-])c1. The van der Waals surface area contributed by atoms with Gasteiger partial charge in [-0.1, -0.05) is 6.07 Å². The molecule has 0 aromatic heterocycles. The summed E-state index contributed by atoms with van der Waals surface area (Å²) in [4.78, 5) is 34.0. The number of nitrogens with zero attached hydrogens (tertiary/aromatic N) is 1. The average Bonchev–Trinajstić information content (AvgIpc) is 2.55. The monoisotopic (exact) mass is 330 g/mol. The molecule has 1 unspecified atom stereocenters. The van der Waals surface area contributed by atoms with Gasteiger partial charge in [-0.2, -0.15) is 0 Å². The van der Waals surface area contributed by atoms with Crippen molar-refractivity contribution in [3.63, 3.8) is 0 Å². The molecule has 0 spiro atoms. The van der Waals surface area contributed by atoms with Crippen molar-refractivity contribution in [1.29, 1.82) is 0 Å². The predicted octanol–water partition coefficient (Wildman–Crippen LogP) is 2.48. The van der Waals surface area contributed by atoms with E-state index in [1.807, 2.05) is 0 Å². The Balaban J connectivity index is 1.99. The van der Waals surface area contributed by atoms with Crippen LogP contribution in [0.5, 0.6) is 5.75 Å². The number of amides is 1. The molecular weight excluding hydrogens is 316 g/mol. The normalized spacial score (nSPS) is 11.4. The van der Waals surface area contributed by atoms with Crippen LogP contribution in [0, 0.1) is 10.1 Å². The van der Waals surface area contributed by atoms with Gasteiger partial charge >= 0.3 is 5.97 Å². The summed E-state index contributed by atoms with van der Waals surface area (Å²) in [5.41, 5.74) is 0.242. The summed E-state index contributed by atoms with van der Waals surface area (Å²) >= 11 is 0. The second-order valence-corrected chi connectivity index (χ2v) is 4.89. The van der Waals surface area contributed by atoms with Crippen LogP contribution in [0.15, 0.2) is 48.5 Å². The van der Waals surface area contributed by atoms with E-state index in [-0.39, 0.29) is 22.7 Å². The van der Waals surface area contributed by atoms with Gasteiger partial charge in [0.2, 0.25) is 0 Å². The average molecular weight is 330 g/mol. The van der Waals surface area contributed by atoms with Crippen molar-refractivity contribution < 1.29 is 24.4 Å². The molecule has 0 fully saturated rings. The number of non-ortho nitro benzene ring substituents is 1. The van der Waals surface area contributed by atoms with E-state index in [1.165, 1.54) is 55.5 Å². The quantitative estimate of drug-likeness (QED) is 0.494. The van der Waals surface area contributed by atoms with Crippen molar-refractivity contribution in [2.75, 3.05) is 5.32 Å². The Kier molecular flexibility index (Phi) is 5.10. The third-order valence-electron chi connectivity index (χ3n) is 3.08. The van der Waals surface area contributed by atoms with Crippen molar-refractivity contribution >= 4 is 23.3 Å². The molecule has 2 rings (SSSR count). The molecule has 2 N–H and O–H groups in total. The molecule has 0 bridgehead atoms. The fourth-order valence-corrected chi connectivity index (χ4v) is 1.82. The number of esters is 1. The Bertz CT molecular complexity index is 772. The van der Waals surface area contributed by atoms with E-state index in [0.717, 1.165) is 0 Å². The molecule has 2 aromatic rings. The van der Waals surface area contributed by atoms with Gasteiger partial charge in [0.15, 0.2) is 6.10 Å². The Labute approximate surface area is 136 Å². The van der Waals surface area contributed by atoms with Gasteiger partial charge in [-0.15, -0.1) is 0 Å². The molecule has 0 aliphatic heterocycles. The molecule has 124 valence electrons. The minimum Gasteiger partial charge on any atom is -0.508 e. The van der Waals surface area contributed by atoms with E-state index < -0.39 is 22.9 Å². The van der Waals surface area contributed by atoms with E-state index in [1.54, 1.807) is 0 Å². The van der Waals surface area contributed by atoms with Crippen molar-refractivity contribution in [2.24, 2.45) is 0 Å². The molecule has 0 saturated heterocycles. The lowest BCUT2D eigenvalue weighted by Gasteiger charge is -2.13. The highest BCUT2D eigenvalue weighted by Crippen LogP contribution is 2.17. The van der Waals surface area contributed by atoms with Crippen LogP contribution < -0.4 is 5.32 Å². The summed E-state index contributed by atoms with van der Waals surface area (Å²) in [6, 6.07) is 10.8. The summed E-state index contributed by atoms with van der Waals surface area (Å²) in [7, 11) is 0. The molecule has 24 heavy (non-hydrogen) atoms. The highest BCUT2D eigenvalue weighted by atomic mass is 16.6. The summed E-state index contributed by atoms with van der Waals surface area (Å²) < 4.78 is 5.02. The number of carbonyl (C=O) groups excluding carboxylic acids is 2. The molecule has 2 aromatic carbocycles. The van der Waals surface area contributed by atoms with E-state index in [9.17, 15) is 19.7 Å². The van der Waals surface area contributed by atoms with Gasteiger partial charge in [-0.05, 0) is 37.3 Å². The maximum absolute atomic E-state index is 12.0.